The van der Waals surface area contributed by atoms with E-state index in [2.05, 4.69) is 5.10 Å². The summed E-state index contributed by atoms with van der Waals surface area (Å²) < 4.78 is 28.2. The van der Waals surface area contributed by atoms with E-state index in [1.165, 1.54) is 17.2 Å². The predicted octanol–water partition coefficient (Wildman–Crippen LogP) is 3.17. The van der Waals surface area contributed by atoms with Crippen LogP contribution < -0.4 is 0 Å². The molecule has 26 heavy (non-hydrogen) atoms. The fraction of sp³-hybridized carbons (Fsp3) is 0.389. The number of carbonyl (C=O) groups excluding carboxylic acids is 1. The normalized spacial score (nSPS) is 11.0. The Balaban J connectivity index is 2.29. The molecular formula is C18H21F2N3O3. The number of aliphatic carboxylic acids is 1. The second-order valence-electron chi connectivity index (χ2n) is 6.30. The van der Waals surface area contributed by atoms with Gasteiger partial charge in [-0.2, -0.15) is 5.10 Å². The molecule has 0 aliphatic heterocycles. The Morgan fingerprint density at radius 2 is 1.96 bits per heavy atom. The first-order valence-corrected chi connectivity index (χ1v) is 8.19. The highest BCUT2D eigenvalue weighted by Gasteiger charge is 2.22. The average Bonchev–Trinajstić information content (AvgIpc) is 2.95. The Bertz CT molecular complexity index is 818. The SMILES string of the molecule is Cc1c(C(=O)N(CCC(=O)O)Cc2ccc(F)c(F)c2)cnn1C(C)C. The molecule has 0 atom stereocenters. The van der Waals surface area contributed by atoms with E-state index in [1.807, 2.05) is 13.8 Å². The van der Waals surface area contributed by atoms with Crippen LogP contribution in [0.3, 0.4) is 0 Å². The minimum Gasteiger partial charge on any atom is -0.481 e. The van der Waals surface area contributed by atoms with Crippen molar-refractivity contribution in [3.8, 4) is 0 Å². The first-order chi connectivity index (χ1) is 12.2. The molecular weight excluding hydrogens is 344 g/mol. The molecule has 140 valence electrons. The molecule has 0 radical (unpaired) electrons. The largest absolute Gasteiger partial charge is 0.481 e. The number of carboxylic acid groups (broad SMARTS) is 1. The van der Waals surface area contributed by atoms with Gasteiger partial charge >= 0.3 is 5.97 Å². The topological polar surface area (TPSA) is 75.4 Å². The number of carboxylic acids is 1. The third-order valence-electron chi connectivity index (χ3n) is 4.00. The summed E-state index contributed by atoms with van der Waals surface area (Å²) in [5.74, 6) is -3.45. The van der Waals surface area contributed by atoms with Crippen molar-refractivity contribution in [3.05, 3.63) is 52.9 Å². The molecule has 2 aromatic rings. The maximum absolute atomic E-state index is 13.4. The molecule has 8 heteroatoms. The summed E-state index contributed by atoms with van der Waals surface area (Å²) in [7, 11) is 0. The van der Waals surface area contributed by atoms with Gasteiger partial charge in [0, 0.05) is 24.8 Å². The lowest BCUT2D eigenvalue weighted by Crippen LogP contribution is -2.33. The van der Waals surface area contributed by atoms with Gasteiger partial charge in [-0.25, -0.2) is 8.78 Å². The maximum Gasteiger partial charge on any atom is 0.305 e. The zero-order chi connectivity index (χ0) is 19.4. The summed E-state index contributed by atoms with van der Waals surface area (Å²) in [6.07, 6.45) is 1.18. The van der Waals surface area contributed by atoms with Crippen molar-refractivity contribution in [1.82, 2.24) is 14.7 Å². The molecule has 0 bridgehead atoms. The van der Waals surface area contributed by atoms with Crippen molar-refractivity contribution in [3.63, 3.8) is 0 Å². The van der Waals surface area contributed by atoms with Gasteiger partial charge in [0.1, 0.15) is 0 Å². The van der Waals surface area contributed by atoms with Crippen molar-refractivity contribution >= 4 is 11.9 Å². The van der Waals surface area contributed by atoms with E-state index in [4.69, 9.17) is 5.11 Å². The summed E-state index contributed by atoms with van der Waals surface area (Å²) in [5, 5.41) is 13.1. The quantitative estimate of drug-likeness (QED) is 0.818. The van der Waals surface area contributed by atoms with Crippen LogP contribution in [0.2, 0.25) is 0 Å². The van der Waals surface area contributed by atoms with Crippen molar-refractivity contribution in [2.24, 2.45) is 0 Å². The van der Waals surface area contributed by atoms with E-state index >= 15 is 0 Å². The lowest BCUT2D eigenvalue weighted by Gasteiger charge is -2.22. The lowest BCUT2D eigenvalue weighted by molar-refractivity contribution is -0.137. The van der Waals surface area contributed by atoms with Crippen LogP contribution in [-0.2, 0) is 11.3 Å². The van der Waals surface area contributed by atoms with Crippen LogP contribution in [0.15, 0.2) is 24.4 Å². The Hall–Kier alpha value is -2.77. The number of halogens is 2. The monoisotopic (exact) mass is 365 g/mol. The first kappa shape index (κ1) is 19.6. The van der Waals surface area contributed by atoms with Crippen LogP contribution >= 0.6 is 0 Å². The van der Waals surface area contributed by atoms with Crippen LogP contribution in [0.5, 0.6) is 0 Å². The number of nitrogens with zero attached hydrogens (tertiary/aromatic N) is 3. The van der Waals surface area contributed by atoms with Crippen molar-refractivity contribution in [1.29, 1.82) is 0 Å². The van der Waals surface area contributed by atoms with E-state index in [0.717, 1.165) is 12.1 Å². The number of amides is 1. The minimum absolute atomic E-state index is 0.0321. The average molecular weight is 365 g/mol. The van der Waals surface area contributed by atoms with Gasteiger partial charge in [-0.05, 0) is 38.5 Å². The van der Waals surface area contributed by atoms with Crippen molar-refractivity contribution < 1.29 is 23.5 Å². The molecule has 0 aliphatic carbocycles. The Morgan fingerprint density at radius 1 is 1.27 bits per heavy atom. The number of carbonyl (C=O) groups is 2. The minimum atomic E-state index is -1.05. The fourth-order valence-corrected chi connectivity index (χ4v) is 2.67. The molecule has 0 fully saturated rings. The van der Waals surface area contributed by atoms with E-state index in [0.29, 0.717) is 16.8 Å². The number of benzene rings is 1. The molecule has 1 N–H and O–H groups in total. The van der Waals surface area contributed by atoms with Gasteiger partial charge in [0.25, 0.3) is 5.91 Å². The zero-order valence-corrected chi connectivity index (χ0v) is 14.9. The van der Waals surface area contributed by atoms with E-state index in [-0.39, 0.29) is 25.6 Å². The second-order valence-corrected chi connectivity index (χ2v) is 6.30. The number of rotatable bonds is 7. The Labute approximate surface area is 150 Å². The number of hydrogen-bond acceptors (Lipinski definition) is 3. The van der Waals surface area contributed by atoms with Crippen LogP contribution in [0.4, 0.5) is 8.78 Å². The molecule has 1 aromatic carbocycles. The lowest BCUT2D eigenvalue weighted by atomic mass is 10.1. The molecule has 2 rings (SSSR count). The van der Waals surface area contributed by atoms with Crippen LogP contribution in [-0.4, -0.2) is 38.2 Å². The van der Waals surface area contributed by atoms with E-state index < -0.39 is 23.5 Å². The standard InChI is InChI=1S/C18H21F2N3O3/c1-11(2)23-12(3)14(9-21-23)18(26)22(7-6-17(24)25)10-13-4-5-15(19)16(20)8-13/h4-5,8-9,11H,6-7,10H2,1-3H3,(H,24,25). The summed E-state index contributed by atoms with van der Waals surface area (Å²) in [4.78, 5) is 25.1. The van der Waals surface area contributed by atoms with Crippen molar-refractivity contribution in [2.75, 3.05) is 6.54 Å². The molecule has 0 unspecified atom stereocenters. The second kappa shape index (κ2) is 8.07. The van der Waals surface area contributed by atoms with E-state index in [9.17, 15) is 18.4 Å². The molecule has 0 spiro atoms. The summed E-state index contributed by atoms with van der Waals surface area (Å²) in [6.45, 7) is 5.53. The molecule has 0 aliphatic rings. The highest BCUT2D eigenvalue weighted by molar-refractivity contribution is 5.95. The van der Waals surface area contributed by atoms with Gasteiger partial charge in [0.15, 0.2) is 11.6 Å². The molecule has 1 amide bonds. The molecule has 0 saturated carbocycles. The van der Waals surface area contributed by atoms with Gasteiger partial charge in [-0.15, -0.1) is 0 Å². The zero-order valence-electron chi connectivity index (χ0n) is 14.9. The number of aromatic nitrogens is 2. The Kier molecular flexibility index (Phi) is 6.07. The third-order valence-corrected chi connectivity index (χ3v) is 4.00. The predicted molar refractivity (Wildman–Crippen MR) is 90.7 cm³/mol. The summed E-state index contributed by atoms with van der Waals surface area (Å²) in [6, 6.07) is 3.41. The van der Waals surface area contributed by atoms with Gasteiger partial charge in [-0.1, -0.05) is 6.07 Å². The van der Waals surface area contributed by atoms with Gasteiger partial charge in [0.2, 0.25) is 0 Å². The van der Waals surface area contributed by atoms with Crippen LogP contribution in [0.1, 0.15) is 47.9 Å². The van der Waals surface area contributed by atoms with Gasteiger partial charge in [0.05, 0.1) is 18.2 Å². The smallest absolute Gasteiger partial charge is 0.305 e. The third kappa shape index (κ3) is 4.44. The first-order valence-electron chi connectivity index (χ1n) is 8.19. The van der Waals surface area contributed by atoms with Crippen LogP contribution in [0.25, 0.3) is 0 Å². The molecule has 1 heterocycles. The summed E-state index contributed by atoms with van der Waals surface area (Å²) >= 11 is 0. The van der Waals surface area contributed by atoms with Crippen molar-refractivity contribution in [2.45, 2.75) is 39.8 Å². The van der Waals surface area contributed by atoms with Gasteiger partial charge < -0.3 is 10.0 Å². The molecule has 6 nitrogen and oxygen atoms in total. The Morgan fingerprint density at radius 3 is 2.50 bits per heavy atom. The molecule has 0 saturated heterocycles. The molecule has 1 aromatic heterocycles. The van der Waals surface area contributed by atoms with Gasteiger partial charge in [-0.3, -0.25) is 14.3 Å². The summed E-state index contributed by atoms with van der Waals surface area (Å²) in [5.41, 5.74) is 1.39. The van der Waals surface area contributed by atoms with Crippen LogP contribution in [0, 0.1) is 18.6 Å². The highest BCUT2D eigenvalue weighted by Crippen LogP contribution is 2.18. The maximum atomic E-state index is 13.4. The highest BCUT2D eigenvalue weighted by atomic mass is 19.2. The number of hydrogen-bond donors (Lipinski definition) is 1. The van der Waals surface area contributed by atoms with E-state index in [1.54, 1.807) is 11.6 Å². The fourth-order valence-electron chi connectivity index (χ4n) is 2.67.